The second kappa shape index (κ2) is 5.42. The number of hydrogen-bond acceptors (Lipinski definition) is 4. The van der Waals surface area contributed by atoms with Crippen LogP contribution in [-0.2, 0) is 5.41 Å². The molecule has 0 spiro atoms. The first kappa shape index (κ1) is 14.8. The van der Waals surface area contributed by atoms with E-state index in [4.69, 9.17) is 23.2 Å². The third-order valence-corrected chi connectivity index (χ3v) is 3.15. The number of aromatic nitrogens is 3. The maximum Gasteiger partial charge on any atom is 0.274 e. The van der Waals surface area contributed by atoms with E-state index < -0.39 is 0 Å². The molecule has 2 aromatic rings. The van der Waals surface area contributed by atoms with Gasteiger partial charge in [-0.3, -0.25) is 9.78 Å². The van der Waals surface area contributed by atoms with Crippen LogP contribution in [0.3, 0.4) is 0 Å². The maximum atomic E-state index is 12.0. The van der Waals surface area contributed by atoms with Gasteiger partial charge in [0.15, 0.2) is 0 Å². The van der Waals surface area contributed by atoms with Gasteiger partial charge in [-0.2, -0.15) is 0 Å². The van der Waals surface area contributed by atoms with Crippen molar-refractivity contribution in [2.75, 3.05) is 5.32 Å². The summed E-state index contributed by atoms with van der Waals surface area (Å²) in [5.74, 6) is 0.215. The van der Waals surface area contributed by atoms with Crippen molar-refractivity contribution in [3.63, 3.8) is 0 Å². The minimum absolute atomic E-state index is 0.215. The lowest BCUT2D eigenvalue weighted by atomic mass is 9.93. The summed E-state index contributed by atoms with van der Waals surface area (Å²) in [5, 5.41) is 11.8. The number of hydrogen-bond donors (Lipinski definition) is 2. The molecule has 20 heavy (non-hydrogen) atoms. The summed E-state index contributed by atoms with van der Waals surface area (Å²) in [6.07, 6.45) is 0. The maximum absolute atomic E-state index is 12.0. The van der Waals surface area contributed by atoms with Crippen LogP contribution in [0.1, 0.15) is 26.5 Å². The van der Waals surface area contributed by atoms with Crippen molar-refractivity contribution >= 4 is 34.8 Å². The van der Waals surface area contributed by atoms with Crippen molar-refractivity contribution in [3.05, 3.63) is 44.3 Å². The summed E-state index contributed by atoms with van der Waals surface area (Å²) < 4.78 is 0. The summed E-state index contributed by atoms with van der Waals surface area (Å²) in [6, 6.07) is 4.97. The topological polar surface area (TPSA) is 70.7 Å². The van der Waals surface area contributed by atoms with Gasteiger partial charge in [0.1, 0.15) is 5.69 Å². The Balaban J connectivity index is 2.34. The highest BCUT2D eigenvalue weighted by atomic mass is 35.5. The van der Waals surface area contributed by atoms with Gasteiger partial charge in [0.25, 0.3) is 5.56 Å². The van der Waals surface area contributed by atoms with Crippen LogP contribution in [0.15, 0.2) is 23.0 Å². The number of benzene rings is 1. The lowest BCUT2D eigenvalue weighted by Gasteiger charge is -2.15. The molecule has 2 N–H and O–H groups in total. The number of nitrogens with one attached hydrogen (secondary N) is 2. The number of H-pyrrole nitrogens is 1. The highest BCUT2D eigenvalue weighted by Gasteiger charge is 2.20. The van der Waals surface area contributed by atoms with E-state index in [0.29, 0.717) is 21.4 Å². The van der Waals surface area contributed by atoms with Crippen molar-refractivity contribution in [1.82, 2.24) is 15.2 Å². The summed E-state index contributed by atoms with van der Waals surface area (Å²) in [7, 11) is 0. The summed E-state index contributed by atoms with van der Waals surface area (Å²) in [5.41, 5.74) is 0.272. The van der Waals surface area contributed by atoms with E-state index in [1.165, 1.54) is 0 Å². The van der Waals surface area contributed by atoms with Crippen molar-refractivity contribution in [2.24, 2.45) is 0 Å². The molecule has 0 bridgehead atoms. The van der Waals surface area contributed by atoms with Gasteiger partial charge in [0.2, 0.25) is 5.95 Å². The molecule has 1 aromatic carbocycles. The van der Waals surface area contributed by atoms with Gasteiger partial charge in [0, 0.05) is 10.4 Å². The molecule has 1 aromatic heterocycles. The van der Waals surface area contributed by atoms with Gasteiger partial charge >= 0.3 is 0 Å². The van der Waals surface area contributed by atoms with Gasteiger partial charge in [0.05, 0.1) is 10.7 Å². The molecule has 0 saturated carbocycles. The molecule has 7 heteroatoms. The first-order chi connectivity index (χ1) is 9.27. The molecular weight excluding hydrogens is 299 g/mol. The largest absolute Gasteiger partial charge is 0.323 e. The van der Waals surface area contributed by atoms with E-state index in [1.807, 2.05) is 20.8 Å². The third kappa shape index (κ3) is 3.29. The molecule has 1 heterocycles. The van der Waals surface area contributed by atoms with Crippen LogP contribution in [0.2, 0.25) is 10.0 Å². The Kier molecular flexibility index (Phi) is 4.01. The highest BCUT2D eigenvalue weighted by Crippen LogP contribution is 2.27. The van der Waals surface area contributed by atoms with Gasteiger partial charge < -0.3 is 5.32 Å². The molecule has 2 rings (SSSR count). The molecule has 0 fully saturated rings. The van der Waals surface area contributed by atoms with E-state index in [2.05, 4.69) is 20.5 Å². The monoisotopic (exact) mass is 312 g/mol. The Morgan fingerprint density at radius 2 is 1.90 bits per heavy atom. The molecule has 0 atom stereocenters. The molecule has 0 unspecified atom stereocenters. The Bertz CT molecular complexity index is 692. The van der Waals surface area contributed by atoms with Crippen LogP contribution in [0.4, 0.5) is 11.6 Å². The Morgan fingerprint density at radius 1 is 1.20 bits per heavy atom. The first-order valence-electron chi connectivity index (χ1n) is 5.97. The minimum Gasteiger partial charge on any atom is -0.323 e. The fourth-order valence-electron chi connectivity index (χ4n) is 1.60. The zero-order valence-electron chi connectivity index (χ0n) is 11.3. The Labute approximate surface area is 126 Å². The molecule has 0 aliphatic carbocycles. The quantitative estimate of drug-likeness (QED) is 0.890. The van der Waals surface area contributed by atoms with Crippen LogP contribution in [0.25, 0.3) is 0 Å². The second-order valence-electron chi connectivity index (χ2n) is 5.35. The molecule has 0 aliphatic rings. The van der Waals surface area contributed by atoms with Crippen LogP contribution in [0, 0.1) is 0 Å². The van der Waals surface area contributed by atoms with Crippen LogP contribution < -0.4 is 10.9 Å². The fourth-order valence-corrected chi connectivity index (χ4v) is 1.94. The molecule has 0 saturated heterocycles. The number of anilines is 2. The van der Waals surface area contributed by atoms with Gasteiger partial charge in [-0.05, 0) is 18.2 Å². The number of rotatable bonds is 2. The van der Waals surface area contributed by atoms with Crippen molar-refractivity contribution in [2.45, 2.75) is 26.2 Å². The summed E-state index contributed by atoms with van der Waals surface area (Å²) in [6.45, 7) is 5.69. The average molecular weight is 313 g/mol. The smallest absolute Gasteiger partial charge is 0.274 e. The Morgan fingerprint density at radius 3 is 2.50 bits per heavy atom. The van der Waals surface area contributed by atoms with E-state index >= 15 is 0 Å². The zero-order chi connectivity index (χ0) is 14.9. The number of nitrogens with zero attached hydrogens (tertiary/aromatic N) is 2. The first-order valence-corrected chi connectivity index (χ1v) is 6.72. The van der Waals surface area contributed by atoms with Crippen molar-refractivity contribution in [1.29, 1.82) is 0 Å². The molecule has 0 radical (unpaired) electrons. The van der Waals surface area contributed by atoms with Crippen LogP contribution >= 0.6 is 23.2 Å². The van der Waals surface area contributed by atoms with E-state index in [0.717, 1.165) is 0 Å². The van der Waals surface area contributed by atoms with Gasteiger partial charge in [-0.1, -0.05) is 44.0 Å². The molecular formula is C13H14Cl2N4O. The zero-order valence-corrected chi connectivity index (χ0v) is 12.8. The highest BCUT2D eigenvalue weighted by molar-refractivity contribution is 6.35. The predicted molar refractivity (Wildman–Crippen MR) is 81.1 cm³/mol. The van der Waals surface area contributed by atoms with E-state index in [9.17, 15) is 4.79 Å². The standard InChI is InChI=1S/C13H14Cl2N4O/c1-13(2,3)10-11(20)17-12(19-18-10)16-9-6-7(14)4-5-8(9)15/h4-6H,1-3H3,(H2,16,17,19,20). The van der Waals surface area contributed by atoms with Gasteiger partial charge in [-0.15, -0.1) is 10.2 Å². The van der Waals surface area contributed by atoms with Crippen molar-refractivity contribution < 1.29 is 0 Å². The molecule has 5 nitrogen and oxygen atoms in total. The molecule has 106 valence electrons. The minimum atomic E-state index is -0.368. The molecule has 0 aliphatic heterocycles. The SMILES string of the molecule is CC(C)(C)c1nnc(Nc2cc(Cl)ccc2Cl)[nH]c1=O. The average Bonchev–Trinajstić information content (AvgIpc) is 2.32. The number of aromatic amines is 1. The van der Waals surface area contributed by atoms with E-state index in [-0.39, 0.29) is 16.9 Å². The lowest BCUT2D eigenvalue weighted by molar-refractivity contribution is 0.547. The second-order valence-corrected chi connectivity index (χ2v) is 6.19. The van der Waals surface area contributed by atoms with E-state index in [1.54, 1.807) is 18.2 Å². The Hall–Kier alpha value is -1.59. The van der Waals surface area contributed by atoms with Crippen molar-refractivity contribution in [3.8, 4) is 0 Å². The predicted octanol–water partition coefficient (Wildman–Crippen LogP) is 3.51. The summed E-state index contributed by atoms with van der Waals surface area (Å²) in [4.78, 5) is 14.6. The summed E-state index contributed by atoms with van der Waals surface area (Å²) >= 11 is 11.9. The number of halogens is 2. The fraction of sp³-hybridized carbons (Fsp3) is 0.308. The van der Waals surface area contributed by atoms with Crippen LogP contribution in [0.5, 0.6) is 0 Å². The van der Waals surface area contributed by atoms with Gasteiger partial charge in [-0.25, -0.2) is 0 Å². The lowest BCUT2D eigenvalue weighted by Crippen LogP contribution is -2.28. The van der Waals surface area contributed by atoms with Crippen LogP contribution in [-0.4, -0.2) is 15.2 Å². The third-order valence-electron chi connectivity index (χ3n) is 2.59. The normalized spacial score (nSPS) is 11.4. The molecule has 0 amide bonds.